The third kappa shape index (κ3) is 3.86. The van der Waals surface area contributed by atoms with Gasteiger partial charge >= 0.3 is 6.03 Å². The molecule has 5 nitrogen and oxygen atoms in total. The molecule has 0 radical (unpaired) electrons. The third-order valence-corrected chi connectivity index (χ3v) is 5.34. The lowest BCUT2D eigenvalue weighted by molar-refractivity contribution is 0.188. The molecular formula is C20H22F2N4O. The van der Waals surface area contributed by atoms with Gasteiger partial charge in [0.25, 0.3) is 0 Å². The van der Waals surface area contributed by atoms with Crippen LogP contribution in [-0.4, -0.2) is 34.2 Å². The van der Waals surface area contributed by atoms with E-state index in [0.717, 1.165) is 49.4 Å². The molecule has 1 fully saturated rings. The number of urea groups is 1. The summed E-state index contributed by atoms with van der Waals surface area (Å²) in [5.41, 5.74) is 3.99. The summed E-state index contributed by atoms with van der Waals surface area (Å²) in [5, 5.41) is 10.2. The van der Waals surface area contributed by atoms with Crippen LogP contribution in [0.5, 0.6) is 0 Å². The number of rotatable bonds is 2. The fourth-order valence-electron chi connectivity index (χ4n) is 3.83. The topological polar surface area (TPSA) is 61.0 Å². The number of carbonyl (C=O) groups is 1. The first kappa shape index (κ1) is 17.7. The highest BCUT2D eigenvalue weighted by Gasteiger charge is 2.26. The van der Waals surface area contributed by atoms with Crippen LogP contribution < -0.4 is 5.32 Å². The summed E-state index contributed by atoms with van der Waals surface area (Å²) in [5.74, 6) is -1.68. The van der Waals surface area contributed by atoms with Gasteiger partial charge in [-0.25, -0.2) is 13.6 Å². The van der Waals surface area contributed by atoms with E-state index in [4.69, 9.17) is 0 Å². The van der Waals surface area contributed by atoms with Crippen LogP contribution in [0.2, 0.25) is 0 Å². The molecule has 2 aromatic rings. The van der Waals surface area contributed by atoms with E-state index in [-0.39, 0.29) is 12.1 Å². The number of H-pyrrole nitrogens is 1. The van der Waals surface area contributed by atoms with Crippen LogP contribution in [0.3, 0.4) is 0 Å². The molecule has 1 unspecified atom stereocenters. The number of halogens is 2. The highest BCUT2D eigenvalue weighted by Crippen LogP contribution is 2.28. The Morgan fingerprint density at radius 2 is 2.04 bits per heavy atom. The van der Waals surface area contributed by atoms with Crippen molar-refractivity contribution in [3.63, 3.8) is 0 Å². The van der Waals surface area contributed by atoms with E-state index in [2.05, 4.69) is 15.5 Å². The maximum Gasteiger partial charge on any atom is 0.317 e. The van der Waals surface area contributed by atoms with E-state index in [1.807, 2.05) is 17.2 Å². The Balaban J connectivity index is 1.34. The van der Waals surface area contributed by atoms with Gasteiger partial charge in [-0.15, -0.1) is 0 Å². The number of hydrogen-bond donors (Lipinski definition) is 2. The first-order valence-corrected chi connectivity index (χ1v) is 9.32. The maximum absolute atomic E-state index is 13.3. The second-order valence-electron chi connectivity index (χ2n) is 7.17. The van der Waals surface area contributed by atoms with Crippen LogP contribution in [-0.2, 0) is 6.42 Å². The number of aromatic nitrogens is 2. The zero-order chi connectivity index (χ0) is 18.8. The molecule has 1 aromatic carbocycles. The molecule has 1 aromatic heterocycles. The van der Waals surface area contributed by atoms with Gasteiger partial charge in [-0.1, -0.05) is 17.7 Å². The molecule has 2 aliphatic rings. The SMILES string of the molecule is O=C(NC1CCCc2cn[nH]c21)N1CCC(=Cc2ccc(F)c(F)c2)CC1. The van der Waals surface area contributed by atoms with E-state index in [9.17, 15) is 13.6 Å². The molecule has 1 aliphatic heterocycles. The van der Waals surface area contributed by atoms with Gasteiger partial charge < -0.3 is 10.2 Å². The van der Waals surface area contributed by atoms with Gasteiger partial charge in [0, 0.05) is 13.1 Å². The Hall–Kier alpha value is -2.70. The standard InChI is InChI=1S/C20H22F2N4O/c21-16-5-4-14(11-17(16)22)10-13-6-8-26(9-7-13)20(27)24-18-3-1-2-15-12-23-25-19(15)18/h4-5,10-12,18H,1-3,6-9H2,(H,23,25)(H,24,27). The number of aryl methyl sites for hydroxylation is 1. The Morgan fingerprint density at radius 1 is 1.22 bits per heavy atom. The summed E-state index contributed by atoms with van der Waals surface area (Å²) in [6.45, 7) is 1.23. The van der Waals surface area contributed by atoms with Crippen molar-refractivity contribution < 1.29 is 13.6 Å². The normalized spacial score (nSPS) is 19.6. The smallest absolute Gasteiger partial charge is 0.317 e. The number of nitrogens with one attached hydrogen (secondary N) is 2. The van der Waals surface area contributed by atoms with E-state index < -0.39 is 11.6 Å². The van der Waals surface area contributed by atoms with Crippen LogP contribution in [0, 0.1) is 11.6 Å². The minimum Gasteiger partial charge on any atom is -0.330 e. The number of benzene rings is 1. The minimum absolute atomic E-state index is 0.0112. The van der Waals surface area contributed by atoms with Crippen molar-refractivity contribution >= 4 is 12.1 Å². The number of nitrogens with zero attached hydrogens (tertiary/aromatic N) is 2. The molecule has 2 amide bonds. The number of likely N-dealkylation sites (tertiary alicyclic amines) is 1. The maximum atomic E-state index is 13.3. The zero-order valence-corrected chi connectivity index (χ0v) is 15.0. The summed E-state index contributed by atoms with van der Waals surface area (Å²) >= 11 is 0. The molecular weight excluding hydrogens is 350 g/mol. The lowest BCUT2D eigenvalue weighted by Gasteiger charge is -2.31. The van der Waals surface area contributed by atoms with Gasteiger partial charge in [0.15, 0.2) is 11.6 Å². The van der Waals surface area contributed by atoms with E-state index in [1.54, 1.807) is 6.07 Å². The van der Waals surface area contributed by atoms with Gasteiger partial charge in [-0.2, -0.15) is 5.10 Å². The molecule has 7 heteroatoms. The third-order valence-electron chi connectivity index (χ3n) is 5.34. The van der Waals surface area contributed by atoms with Crippen LogP contribution in [0.1, 0.15) is 48.5 Å². The average Bonchev–Trinajstić information content (AvgIpc) is 3.15. The second-order valence-corrected chi connectivity index (χ2v) is 7.17. The fraction of sp³-hybridized carbons (Fsp3) is 0.400. The molecule has 1 aliphatic carbocycles. The molecule has 0 bridgehead atoms. The summed E-state index contributed by atoms with van der Waals surface area (Å²) in [7, 11) is 0. The first-order valence-electron chi connectivity index (χ1n) is 9.32. The van der Waals surface area contributed by atoms with Crippen LogP contribution in [0.4, 0.5) is 13.6 Å². The Kier molecular flexibility index (Phi) is 4.92. The molecule has 0 saturated carbocycles. The van der Waals surface area contributed by atoms with Crippen molar-refractivity contribution in [2.45, 2.75) is 38.1 Å². The van der Waals surface area contributed by atoms with Crippen molar-refractivity contribution in [2.75, 3.05) is 13.1 Å². The first-order chi connectivity index (χ1) is 13.1. The Morgan fingerprint density at radius 3 is 2.81 bits per heavy atom. The largest absolute Gasteiger partial charge is 0.330 e. The molecule has 2 N–H and O–H groups in total. The summed E-state index contributed by atoms with van der Waals surface area (Å²) < 4.78 is 26.4. The van der Waals surface area contributed by atoms with E-state index in [0.29, 0.717) is 18.7 Å². The summed E-state index contributed by atoms with van der Waals surface area (Å²) in [6, 6.07) is 3.83. The summed E-state index contributed by atoms with van der Waals surface area (Å²) in [6.07, 6.45) is 8.13. The van der Waals surface area contributed by atoms with Gasteiger partial charge in [-0.05, 0) is 55.4 Å². The van der Waals surface area contributed by atoms with Crippen LogP contribution in [0.25, 0.3) is 6.08 Å². The van der Waals surface area contributed by atoms with Gasteiger partial charge in [-0.3, -0.25) is 5.10 Å². The highest BCUT2D eigenvalue weighted by atomic mass is 19.2. The highest BCUT2D eigenvalue weighted by molar-refractivity contribution is 5.75. The Bertz CT molecular complexity index is 867. The van der Waals surface area contributed by atoms with Crippen molar-refractivity contribution in [1.82, 2.24) is 20.4 Å². The number of piperidine rings is 1. The monoisotopic (exact) mass is 372 g/mol. The molecule has 4 rings (SSSR count). The zero-order valence-electron chi connectivity index (χ0n) is 15.0. The van der Waals surface area contributed by atoms with E-state index in [1.165, 1.54) is 11.6 Å². The van der Waals surface area contributed by atoms with Crippen molar-refractivity contribution in [3.05, 3.63) is 58.4 Å². The number of hydrogen-bond acceptors (Lipinski definition) is 2. The fourth-order valence-corrected chi connectivity index (χ4v) is 3.83. The number of aromatic amines is 1. The lowest BCUT2D eigenvalue weighted by atomic mass is 9.94. The van der Waals surface area contributed by atoms with Gasteiger partial charge in [0.2, 0.25) is 0 Å². The predicted octanol–water partition coefficient (Wildman–Crippen LogP) is 3.95. The lowest BCUT2D eigenvalue weighted by Crippen LogP contribution is -2.45. The quantitative estimate of drug-likeness (QED) is 0.838. The molecule has 142 valence electrons. The van der Waals surface area contributed by atoms with Gasteiger partial charge in [0.1, 0.15) is 0 Å². The Labute approximate surface area is 156 Å². The van der Waals surface area contributed by atoms with Crippen LogP contribution >= 0.6 is 0 Å². The number of fused-ring (bicyclic) bond motifs is 1. The second kappa shape index (κ2) is 7.50. The van der Waals surface area contributed by atoms with Crippen molar-refractivity contribution in [3.8, 4) is 0 Å². The molecule has 0 spiro atoms. The van der Waals surface area contributed by atoms with Crippen LogP contribution in [0.15, 0.2) is 30.0 Å². The molecule has 1 saturated heterocycles. The molecule has 27 heavy (non-hydrogen) atoms. The molecule has 1 atom stereocenters. The van der Waals surface area contributed by atoms with Crippen molar-refractivity contribution in [2.24, 2.45) is 0 Å². The summed E-state index contributed by atoms with van der Waals surface area (Å²) in [4.78, 5) is 14.4. The van der Waals surface area contributed by atoms with E-state index >= 15 is 0 Å². The molecule has 2 heterocycles. The van der Waals surface area contributed by atoms with Crippen molar-refractivity contribution in [1.29, 1.82) is 0 Å². The minimum atomic E-state index is -0.841. The average molecular weight is 372 g/mol. The number of amides is 2. The predicted molar refractivity (Wildman–Crippen MR) is 97.9 cm³/mol. The van der Waals surface area contributed by atoms with Gasteiger partial charge in [0.05, 0.1) is 17.9 Å². The number of carbonyl (C=O) groups excluding carboxylic acids is 1.